The maximum Gasteiger partial charge on any atom is 0.142 e. The number of hydrogen-bond acceptors (Lipinski definition) is 6. The summed E-state index contributed by atoms with van der Waals surface area (Å²) in [4.78, 5) is 8.64. The number of phenols is 1. The maximum atomic E-state index is 9.46. The number of aromatic hydroxyl groups is 1. The van der Waals surface area contributed by atoms with Crippen LogP contribution in [0.2, 0.25) is 0 Å². The predicted molar refractivity (Wildman–Crippen MR) is 94.0 cm³/mol. The van der Waals surface area contributed by atoms with Gasteiger partial charge in [0.15, 0.2) is 0 Å². The van der Waals surface area contributed by atoms with Gasteiger partial charge in [-0.2, -0.15) is 0 Å². The van der Waals surface area contributed by atoms with Gasteiger partial charge in [0.2, 0.25) is 0 Å². The molecule has 0 bridgehead atoms. The second-order valence-electron chi connectivity index (χ2n) is 4.82. The minimum atomic E-state index is 0.246. The lowest BCUT2D eigenvalue weighted by Crippen LogP contribution is -2.25. The van der Waals surface area contributed by atoms with Gasteiger partial charge in [0, 0.05) is 18.8 Å². The normalized spacial score (nSPS) is 10.7. The Morgan fingerprint density at radius 1 is 1.30 bits per heavy atom. The Labute approximate surface area is 137 Å². The van der Waals surface area contributed by atoms with Crippen LogP contribution in [0.15, 0.2) is 42.6 Å². The number of hydrazine groups is 1. The van der Waals surface area contributed by atoms with Gasteiger partial charge in [-0.1, -0.05) is 11.8 Å². The van der Waals surface area contributed by atoms with Crippen LogP contribution in [0.25, 0.3) is 16.3 Å². The van der Waals surface area contributed by atoms with E-state index in [2.05, 4.69) is 21.8 Å². The van der Waals surface area contributed by atoms with E-state index in [0.717, 1.165) is 20.8 Å². The number of nitrogens with zero attached hydrogens (tertiary/aromatic N) is 3. The van der Waals surface area contributed by atoms with Crippen molar-refractivity contribution >= 4 is 33.4 Å². The van der Waals surface area contributed by atoms with E-state index in [1.54, 1.807) is 37.5 Å². The van der Waals surface area contributed by atoms with Gasteiger partial charge in [-0.15, -0.1) is 11.3 Å². The molecule has 3 rings (SSSR count). The lowest BCUT2D eigenvalue weighted by molar-refractivity contribution is 0.476. The molecule has 0 atom stereocenters. The minimum absolute atomic E-state index is 0.246. The summed E-state index contributed by atoms with van der Waals surface area (Å²) in [5, 5.41) is 11.7. The Balaban J connectivity index is 1.73. The molecule has 2 heterocycles. The monoisotopic (exact) mass is 322 g/mol. The van der Waals surface area contributed by atoms with Crippen LogP contribution in [0.5, 0.6) is 5.75 Å². The molecule has 0 fully saturated rings. The van der Waals surface area contributed by atoms with E-state index in [9.17, 15) is 5.11 Å². The standard InChI is InChI=1S/C17H14N4OS/c1-21(18)16-9-6-12(11-19-16)4-2-3-5-17-20-14-8-7-13(22)10-15(14)23-17/h3,5-11,22H,18H2,1H3/b5-3+. The lowest BCUT2D eigenvalue weighted by atomic mass is 10.3. The van der Waals surface area contributed by atoms with Crippen LogP contribution in [0.1, 0.15) is 10.6 Å². The lowest BCUT2D eigenvalue weighted by Gasteiger charge is -2.09. The number of rotatable bonds is 2. The predicted octanol–water partition coefficient (Wildman–Crippen LogP) is 2.77. The van der Waals surface area contributed by atoms with E-state index in [4.69, 9.17) is 5.84 Å². The van der Waals surface area contributed by atoms with E-state index in [1.165, 1.54) is 16.3 Å². The van der Waals surface area contributed by atoms with E-state index in [-0.39, 0.29) is 5.75 Å². The van der Waals surface area contributed by atoms with Crippen molar-refractivity contribution in [2.45, 2.75) is 0 Å². The Morgan fingerprint density at radius 3 is 2.91 bits per heavy atom. The molecule has 2 aromatic heterocycles. The number of thiazole rings is 1. The first-order valence-corrected chi connectivity index (χ1v) is 7.65. The fourth-order valence-electron chi connectivity index (χ4n) is 1.91. The molecule has 3 N–H and O–H groups in total. The fourth-order valence-corrected chi connectivity index (χ4v) is 2.81. The Hall–Kier alpha value is -2.88. The Bertz CT molecular complexity index is 917. The van der Waals surface area contributed by atoms with Crippen molar-refractivity contribution in [3.05, 3.63) is 53.2 Å². The van der Waals surface area contributed by atoms with Gasteiger partial charge in [-0.3, -0.25) is 5.01 Å². The van der Waals surface area contributed by atoms with Crippen molar-refractivity contribution in [1.82, 2.24) is 9.97 Å². The third-order valence-corrected chi connectivity index (χ3v) is 4.01. The van der Waals surface area contributed by atoms with Crippen molar-refractivity contribution in [3.8, 4) is 17.6 Å². The molecular formula is C17H14N4OS. The minimum Gasteiger partial charge on any atom is -0.508 e. The second kappa shape index (κ2) is 6.48. The highest BCUT2D eigenvalue weighted by Crippen LogP contribution is 2.26. The quantitative estimate of drug-likeness (QED) is 0.431. The van der Waals surface area contributed by atoms with E-state index >= 15 is 0 Å². The summed E-state index contributed by atoms with van der Waals surface area (Å²) in [6.45, 7) is 0. The smallest absolute Gasteiger partial charge is 0.142 e. The second-order valence-corrected chi connectivity index (χ2v) is 5.89. The zero-order valence-corrected chi connectivity index (χ0v) is 13.2. The number of pyridine rings is 1. The van der Waals surface area contributed by atoms with E-state index in [0.29, 0.717) is 5.82 Å². The number of fused-ring (bicyclic) bond motifs is 1. The number of benzene rings is 1. The van der Waals surface area contributed by atoms with Gasteiger partial charge in [0.05, 0.1) is 10.2 Å². The summed E-state index contributed by atoms with van der Waals surface area (Å²) < 4.78 is 0.948. The Morgan fingerprint density at radius 2 is 2.17 bits per heavy atom. The van der Waals surface area contributed by atoms with Crippen LogP contribution in [0, 0.1) is 11.8 Å². The molecular weight excluding hydrogens is 308 g/mol. The summed E-state index contributed by atoms with van der Waals surface area (Å²) in [5.74, 6) is 12.5. The molecule has 0 amide bonds. The summed E-state index contributed by atoms with van der Waals surface area (Å²) >= 11 is 1.51. The van der Waals surface area contributed by atoms with E-state index < -0.39 is 0 Å². The largest absolute Gasteiger partial charge is 0.508 e. The van der Waals surface area contributed by atoms with Crippen LogP contribution in [-0.2, 0) is 0 Å². The molecule has 3 aromatic rings. The first-order chi connectivity index (χ1) is 11.1. The Kier molecular flexibility index (Phi) is 4.24. The van der Waals surface area contributed by atoms with Crippen molar-refractivity contribution in [2.75, 3.05) is 12.1 Å². The highest BCUT2D eigenvalue weighted by Gasteiger charge is 2.01. The number of anilines is 1. The summed E-state index contributed by atoms with van der Waals surface area (Å²) in [6.07, 6.45) is 5.28. The average molecular weight is 322 g/mol. The molecule has 23 heavy (non-hydrogen) atoms. The molecule has 0 saturated carbocycles. The number of nitrogens with two attached hydrogens (primary N) is 1. The molecule has 0 aliphatic carbocycles. The van der Waals surface area contributed by atoms with Crippen LogP contribution in [0.4, 0.5) is 5.82 Å². The van der Waals surface area contributed by atoms with Gasteiger partial charge in [-0.05, 0) is 42.5 Å². The first kappa shape index (κ1) is 15.0. The number of allylic oxidation sites excluding steroid dienone is 1. The molecule has 0 unspecified atom stereocenters. The van der Waals surface area contributed by atoms with Gasteiger partial charge in [0.25, 0.3) is 0 Å². The van der Waals surface area contributed by atoms with Gasteiger partial charge < -0.3 is 5.11 Å². The zero-order chi connectivity index (χ0) is 16.2. The molecule has 0 radical (unpaired) electrons. The molecule has 1 aromatic carbocycles. The highest BCUT2D eigenvalue weighted by molar-refractivity contribution is 7.19. The average Bonchev–Trinajstić information content (AvgIpc) is 2.94. The van der Waals surface area contributed by atoms with E-state index in [1.807, 2.05) is 18.2 Å². The molecule has 5 nitrogen and oxygen atoms in total. The summed E-state index contributed by atoms with van der Waals surface area (Å²) in [5.41, 5.74) is 1.68. The molecule has 0 spiro atoms. The van der Waals surface area contributed by atoms with Gasteiger partial charge in [0.1, 0.15) is 16.6 Å². The highest BCUT2D eigenvalue weighted by atomic mass is 32.1. The molecule has 114 valence electrons. The van der Waals surface area contributed by atoms with Crippen molar-refractivity contribution in [1.29, 1.82) is 0 Å². The third kappa shape index (κ3) is 3.66. The van der Waals surface area contributed by atoms with Crippen molar-refractivity contribution in [2.24, 2.45) is 5.84 Å². The van der Waals surface area contributed by atoms with Gasteiger partial charge in [-0.25, -0.2) is 15.8 Å². The van der Waals surface area contributed by atoms with Crippen LogP contribution < -0.4 is 10.9 Å². The third-order valence-electron chi connectivity index (χ3n) is 3.02. The zero-order valence-electron chi connectivity index (χ0n) is 12.4. The number of hydrogen-bond donors (Lipinski definition) is 2. The van der Waals surface area contributed by atoms with Crippen LogP contribution in [0.3, 0.4) is 0 Å². The molecule has 0 aliphatic rings. The van der Waals surface area contributed by atoms with Crippen molar-refractivity contribution in [3.63, 3.8) is 0 Å². The number of phenolic OH excluding ortho intramolecular Hbond substituents is 1. The van der Waals surface area contributed by atoms with Crippen molar-refractivity contribution < 1.29 is 5.11 Å². The fraction of sp³-hybridized carbons (Fsp3) is 0.0588. The van der Waals surface area contributed by atoms with Crippen LogP contribution in [-0.4, -0.2) is 22.1 Å². The summed E-state index contributed by atoms with van der Waals surface area (Å²) in [6, 6.07) is 8.81. The maximum absolute atomic E-state index is 9.46. The first-order valence-electron chi connectivity index (χ1n) is 6.84. The van der Waals surface area contributed by atoms with Gasteiger partial charge >= 0.3 is 0 Å². The SMILES string of the molecule is CN(N)c1ccc(C#C/C=C/c2nc3ccc(O)cc3s2)cn1. The molecule has 0 saturated heterocycles. The summed E-state index contributed by atoms with van der Waals surface area (Å²) in [7, 11) is 1.73. The topological polar surface area (TPSA) is 75.3 Å². The molecule has 6 heteroatoms. The molecule has 0 aliphatic heterocycles. The number of aromatic nitrogens is 2. The van der Waals surface area contributed by atoms with Crippen LogP contribution >= 0.6 is 11.3 Å².